The van der Waals surface area contributed by atoms with Gasteiger partial charge in [0.05, 0.1) is 15.5 Å². The van der Waals surface area contributed by atoms with Gasteiger partial charge in [0.25, 0.3) is 15.7 Å². The van der Waals surface area contributed by atoms with Gasteiger partial charge in [-0.25, -0.2) is 8.42 Å². The lowest BCUT2D eigenvalue weighted by Gasteiger charge is -2.34. The average Bonchev–Trinajstić information content (AvgIpc) is 3.05. The van der Waals surface area contributed by atoms with Crippen LogP contribution in [0.2, 0.25) is 0 Å². The maximum absolute atomic E-state index is 14.5. The summed E-state index contributed by atoms with van der Waals surface area (Å²) < 4.78 is 29.0. The van der Waals surface area contributed by atoms with Crippen molar-refractivity contribution in [3.05, 3.63) is 136 Å². The Kier molecular flexibility index (Phi) is 11.3. The molecule has 46 heavy (non-hydrogen) atoms. The predicted octanol–water partition coefficient (Wildman–Crippen LogP) is 5.65. The highest BCUT2D eigenvalue weighted by Gasteiger charge is 2.35. The van der Waals surface area contributed by atoms with E-state index >= 15 is 0 Å². The topological polar surface area (TPSA) is 130 Å². The molecule has 240 valence electrons. The molecule has 4 aromatic carbocycles. The van der Waals surface area contributed by atoms with Crippen LogP contribution < -0.4 is 9.62 Å². The summed E-state index contributed by atoms with van der Waals surface area (Å²) in [6.45, 7) is 5.06. The van der Waals surface area contributed by atoms with Crippen LogP contribution in [0.1, 0.15) is 37.0 Å². The smallest absolute Gasteiger partial charge is 0.271 e. The van der Waals surface area contributed by atoms with Crippen LogP contribution in [-0.4, -0.2) is 48.7 Å². The van der Waals surface area contributed by atoms with E-state index in [2.05, 4.69) is 5.32 Å². The molecule has 0 aliphatic carbocycles. The molecule has 2 amide bonds. The van der Waals surface area contributed by atoms with Gasteiger partial charge in [0.15, 0.2) is 0 Å². The summed E-state index contributed by atoms with van der Waals surface area (Å²) in [6.07, 6.45) is 0.856. The fourth-order valence-corrected chi connectivity index (χ4v) is 6.44. The highest BCUT2D eigenvalue weighted by atomic mass is 32.2. The molecule has 0 bridgehead atoms. The van der Waals surface area contributed by atoms with Gasteiger partial charge in [-0.2, -0.15) is 0 Å². The number of non-ortho nitro benzene ring substituents is 1. The predicted molar refractivity (Wildman–Crippen MR) is 178 cm³/mol. The van der Waals surface area contributed by atoms with Crippen molar-refractivity contribution in [3.8, 4) is 0 Å². The molecule has 0 aliphatic heterocycles. The number of amides is 2. The van der Waals surface area contributed by atoms with E-state index in [1.165, 1.54) is 35.2 Å². The third-order valence-electron chi connectivity index (χ3n) is 7.65. The van der Waals surface area contributed by atoms with E-state index in [0.29, 0.717) is 6.42 Å². The second-order valence-corrected chi connectivity index (χ2v) is 13.0. The molecule has 0 saturated carbocycles. The standard InChI is InChI=1S/C35H38N4O6S/c1-4-27(3)36-35(41)33(22-28-14-7-5-8-15-28)37(24-29-16-11-13-26(2)21-29)34(40)25-38(30-17-12-18-31(23-30)39(42)43)46(44,45)32-19-9-6-10-20-32/h5-21,23,27,33H,4,22,24-25H2,1-3H3,(H,36,41)/t27-,33-/m0/s1. The molecular weight excluding hydrogens is 604 g/mol. The van der Waals surface area contributed by atoms with E-state index in [1.807, 2.05) is 75.4 Å². The van der Waals surface area contributed by atoms with Crippen molar-refractivity contribution in [1.82, 2.24) is 10.2 Å². The van der Waals surface area contributed by atoms with E-state index in [1.54, 1.807) is 18.2 Å². The summed E-state index contributed by atoms with van der Waals surface area (Å²) in [5, 5.41) is 14.6. The van der Waals surface area contributed by atoms with E-state index in [9.17, 15) is 28.1 Å². The van der Waals surface area contributed by atoms with Gasteiger partial charge in [-0.05, 0) is 49.6 Å². The number of nitro benzene ring substituents is 1. The van der Waals surface area contributed by atoms with E-state index in [4.69, 9.17) is 0 Å². The number of nitro groups is 1. The molecule has 0 spiro atoms. The van der Waals surface area contributed by atoms with Gasteiger partial charge in [0, 0.05) is 31.1 Å². The number of hydrogen-bond donors (Lipinski definition) is 1. The van der Waals surface area contributed by atoms with E-state index < -0.39 is 33.4 Å². The van der Waals surface area contributed by atoms with Crippen LogP contribution in [0.3, 0.4) is 0 Å². The van der Waals surface area contributed by atoms with Crippen LogP contribution in [0.4, 0.5) is 11.4 Å². The number of carbonyl (C=O) groups is 2. The molecule has 1 N–H and O–H groups in total. The summed E-state index contributed by atoms with van der Waals surface area (Å²) in [5.74, 6) is -1.01. The second kappa shape index (κ2) is 15.3. The molecule has 4 rings (SSSR count). The van der Waals surface area contributed by atoms with Crippen molar-refractivity contribution in [2.75, 3.05) is 10.8 Å². The Balaban J connectivity index is 1.83. The largest absolute Gasteiger partial charge is 0.352 e. The van der Waals surface area contributed by atoms with Crippen molar-refractivity contribution in [2.45, 2.75) is 57.1 Å². The van der Waals surface area contributed by atoms with E-state index in [0.717, 1.165) is 27.1 Å². The number of aryl methyl sites for hydroxylation is 1. The molecular formula is C35H38N4O6S. The number of carbonyl (C=O) groups excluding carboxylic acids is 2. The average molecular weight is 643 g/mol. The van der Waals surface area contributed by atoms with Gasteiger partial charge < -0.3 is 10.2 Å². The van der Waals surface area contributed by atoms with E-state index in [-0.39, 0.29) is 41.2 Å². The van der Waals surface area contributed by atoms with Crippen LogP contribution in [-0.2, 0) is 32.6 Å². The van der Waals surface area contributed by atoms with Crippen LogP contribution >= 0.6 is 0 Å². The number of anilines is 1. The molecule has 10 nitrogen and oxygen atoms in total. The van der Waals surface area contributed by atoms with Gasteiger partial charge >= 0.3 is 0 Å². The number of nitrogens with zero attached hydrogens (tertiary/aromatic N) is 3. The fourth-order valence-electron chi connectivity index (χ4n) is 5.01. The van der Waals surface area contributed by atoms with Gasteiger partial charge in [-0.15, -0.1) is 0 Å². The van der Waals surface area contributed by atoms with Crippen molar-refractivity contribution < 1.29 is 22.9 Å². The molecule has 0 aromatic heterocycles. The zero-order valence-electron chi connectivity index (χ0n) is 26.1. The molecule has 0 unspecified atom stereocenters. The highest BCUT2D eigenvalue weighted by Crippen LogP contribution is 2.28. The Morgan fingerprint density at radius 2 is 1.50 bits per heavy atom. The van der Waals surface area contributed by atoms with Crippen LogP contribution in [0.5, 0.6) is 0 Å². The third-order valence-corrected chi connectivity index (χ3v) is 9.43. The summed E-state index contributed by atoms with van der Waals surface area (Å²) in [7, 11) is -4.37. The minimum absolute atomic E-state index is 0.0279. The first-order valence-corrected chi connectivity index (χ1v) is 16.4. The Bertz CT molecular complexity index is 1770. The minimum atomic E-state index is -4.37. The zero-order valence-corrected chi connectivity index (χ0v) is 26.9. The second-order valence-electron chi connectivity index (χ2n) is 11.1. The Labute approximate surface area is 269 Å². The SMILES string of the molecule is CC[C@H](C)NC(=O)[C@H](Cc1ccccc1)N(Cc1cccc(C)c1)C(=O)CN(c1cccc([N+](=O)[O-])c1)S(=O)(=O)c1ccccc1. The first-order chi connectivity index (χ1) is 22.0. The highest BCUT2D eigenvalue weighted by molar-refractivity contribution is 7.92. The van der Waals surface area contributed by atoms with Crippen molar-refractivity contribution in [2.24, 2.45) is 0 Å². The van der Waals surface area contributed by atoms with Gasteiger partial charge in [-0.3, -0.25) is 24.0 Å². The monoisotopic (exact) mass is 642 g/mol. The zero-order chi connectivity index (χ0) is 33.3. The maximum Gasteiger partial charge on any atom is 0.271 e. The van der Waals surface area contributed by atoms with Gasteiger partial charge in [0.1, 0.15) is 12.6 Å². The molecule has 11 heteroatoms. The minimum Gasteiger partial charge on any atom is -0.352 e. The first kappa shape index (κ1) is 33.9. The number of hydrogen-bond acceptors (Lipinski definition) is 6. The lowest BCUT2D eigenvalue weighted by atomic mass is 10.0. The van der Waals surface area contributed by atoms with Crippen molar-refractivity contribution in [3.63, 3.8) is 0 Å². The summed E-state index contributed by atoms with van der Waals surface area (Å²) in [4.78, 5) is 40.7. The molecule has 0 saturated heterocycles. The molecule has 0 heterocycles. The Morgan fingerprint density at radius 3 is 2.13 bits per heavy atom. The Hall–Kier alpha value is -5.03. The fraction of sp³-hybridized carbons (Fsp3) is 0.257. The third kappa shape index (κ3) is 8.57. The van der Waals surface area contributed by atoms with Gasteiger partial charge in [-0.1, -0.05) is 91.3 Å². The lowest BCUT2D eigenvalue weighted by Crippen LogP contribution is -2.54. The number of rotatable bonds is 14. The van der Waals surface area contributed by atoms with Crippen LogP contribution in [0.25, 0.3) is 0 Å². The van der Waals surface area contributed by atoms with Crippen molar-refractivity contribution >= 4 is 33.2 Å². The maximum atomic E-state index is 14.5. The molecule has 0 fully saturated rings. The van der Waals surface area contributed by atoms with Crippen LogP contribution in [0, 0.1) is 17.0 Å². The number of nitrogens with one attached hydrogen (secondary N) is 1. The number of benzene rings is 4. The Morgan fingerprint density at radius 1 is 0.870 bits per heavy atom. The van der Waals surface area contributed by atoms with Gasteiger partial charge in [0.2, 0.25) is 11.8 Å². The summed E-state index contributed by atoms with van der Waals surface area (Å²) in [5.41, 5.74) is 2.16. The van der Waals surface area contributed by atoms with Crippen molar-refractivity contribution in [1.29, 1.82) is 0 Å². The molecule has 0 aliphatic rings. The normalized spacial score (nSPS) is 12.5. The molecule has 4 aromatic rings. The number of sulfonamides is 1. The summed E-state index contributed by atoms with van der Waals surface area (Å²) in [6, 6.07) is 28.4. The lowest BCUT2D eigenvalue weighted by molar-refractivity contribution is -0.384. The first-order valence-electron chi connectivity index (χ1n) is 15.0. The molecule has 2 atom stereocenters. The quantitative estimate of drug-likeness (QED) is 0.140. The molecule has 0 radical (unpaired) electrons. The van der Waals surface area contributed by atoms with Crippen LogP contribution in [0.15, 0.2) is 114 Å². The summed E-state index contributed by atoms with van der Waals surface area (Å²) >= 11 is 0.